The van der Waals surface area contributed by atoms with Gasteiger partial charge in [0.15, 0.2) is 11.5 Å². The van der Waals surface area contributed by atoms with Gasteiger partial charge in [-0.05, 0) is 73.9 Å². The van der Waals surface area contributed by atoms with Gasteiger partial charge in [0.25, 0.3) is 0 Å². The first-order valence-electron chi connectivity index (χ1n) is 9.11. The fourth-order valence-corrected chi connectivity index (χ4v) is 3.76. The maximum absolute atomic E-state index is 12.2. The zero-order valence-electron chi connectivity index (χ0n) is 16.0. The third-order valence-electron chi connectivity index (χ3n) is 4.64. The van der Waals surface area contributed by atoms with Gasteiger partial charge in [-0.15, -0.1) is 0 Å². The maximum atomic E-state index is 12.2. The number of ether oxygens (including phenoxy) is 2. The number of hydrogen-bond acceptors (Lipinski definition) is 5. The van der Waals surface area contributed by atoms with E-state index in [0.717, 1.165) is 29.9 Å². The van der Waals surface area contributed by atoms with E-state index in [0.29, 0.717) is 6.54 Å². The van der Waals surface area contributed by atoms with Gasteiger partial charge >= 0.3 is 6.03 Å². The molecule has 0 radical (unpaired) electrons. The number of urea groups is 1. The average molecular weight is 390 g/mol. The van der Waals surface area contributed by atoms with E-state index < -0.39 is 0 Å². The molecule has 6 nitrogen and oxygen atoms in total. The smallest absolute Gasteiger partial charge is 0.315 e. The Balaban J connectivity index is 1.48. The Labute approximate surface area is 164 Å². The van der Waals surface area contributed by atoms with Crippen molar-refractivity contribution in [3.8, 4) is 11.5 Å². The summed E-state index contributed by atoms with van der Waals surface area (Å²) in [6.45, 7) is 2.87. The summed E-state index contributed by atoms with van der Waals surface area (Å²) in [4.78, 5) is 14.4. The Kier molecular flexibility index (Phi) is 6.58. The van der Waals surface area contributed by atoms with Crippen LogP contribution in [0.2, 0.25) is 0 Å². The van der Waals surface area contributed by atoms with Gasteiger partial charge in [0.05, 0.1) is 0 Å². The molecule has 0 fully saturated rings. The van der Waals surface area contributed by atoms with E-state index in [9.17, 15) is 4.79 Å². The second kappa shape index (κ2) is 9.10. The zero-order valence-corrected chi connectivity index (χ0v) is 16.8. The minimum absolute atomic E-state index is 0.0891. The summed E-state index contributed by atoms with van der Waals surface area (Å²) in [5.74, 6) is 1.58. The summed E-state index contributed by atoms with van der Waals surface area (Å²) in [6.07, 6.45) is 1.65. The number of fused-ring (bicyclic) bond motifs is 1. The molecule has 0 bridgehead atoms. The molecule has 1 aromatic carbocycles. The molecule has 0 saturated carbocycles. The van der Waals surface area contributed by atoms with E-state index in [1.807, 2.05) is 39.2 Å². The fourth-order valence-electron chi connectivity index (χ4n) is 3.08. The van der Waals surface area contributed by atoms with Crippen LogP contribution in [0.25, 0.3) is 0 Å². The second-order valence-electron chi connectivity index (χ2n) is 7.10. The minimum Gasteiger partial charge on any atom is -0.454 e. The van der Waals surface area contributed by atoms with Gasteiger partial charge in [-0.2, -0.15) is 11.3 Å². The third kappa shape index (κ3) is 5.61. The molecule has 2 atom stereocenters. The first-order valence-corrected chi connectivity index (χ1v) is 10.1. The number of hydrogen-bond donors (Lipinski definition) is 2. The number of carbonyl (C=O) groups is 1. The standard InChI is InChI=1S/C20H27N3O3S/c1-14(8-16-6-7-27-12-16)22-20(24)21-11-17(23(2)3)9-15-4-5-18-19(10-15)26-13-25-18/h4-7,10,12,14,17H,8-9,11,13H2,1-3H3,(H2,21,22,24)/t14-,17-/m0/s1. The number of benzene rings is 1. The van der Waals surface area contributed by atoms with Crippen LogP contribution in [-0.4, -0.2) is 50.4 Å². The molecule has 146 valence electrons. The second-order valence-corrected chi connectivity index (χ2v) is 7.88. The molecular formula is C20H27N3O3S. The SMILES string of the molecule is C[C@@H](Cc1ccsc1)NC(=O)NC[C@H](Cc1ccc2c(c1)OCO2)N(C)C. The van der Waals surface area contributed by atoms with Gasteiger partial charge in [0.1, 0.15) is 0 Å². The van der Waals surface area contributed by atoms with Crippen molar-refractivity contribution >= 4 is 17.4 Å². The van der Waals surface area contributed by atoms with Crippen LogP contribution in [-0.2, 0) is 12.8 Å². The van der Waals surface area contributed by atoms with Crippen LogP contribution in [0.1, 0.15) is 18.1 Å². The van der Waals surface area contributed by atoms with Crippen LogP contribution in [0.15, 0.2) is 35.0 Å². The molecule has 27 heavy (non-hydrogen) atoms. The summed E-state index contributed by atoms with van der Waals surface area (Å²) >= 11 is 1.68. The van der Waals surface area contributed by atoms with E-state index >= 15 is 0 Å². The summed E-state index contributed by atoms with van der Waals surface area (Å²) in [5, 5.41) is 10.2. The molecule has 2 amide bonds. The van der Waals surface area contributed by atoms with Gasteiger partial charge < -0.3 is 25.0 Å². The van der Waals surface area contributed by atoms with E-state index in [1.54, 1.807) is 11.3 Å². The lowest BCUT2D eigenvalue weighted by Crippen LogP contribution is -2.47. The molecular weight excluding hydrogens is 362 g/mol. The molecule has 1 aromatic heterocycles. The van der Waals surface area contributed by atoms with Crippen molar-refractivity contribution in [1.82, 2.24) is 15.5 Å². The number of nitrogens with one attached hydrogen (secondary N) is 2. The normalized spacial score (nSPS) is 14.8. The van der Waals surface area contributed by atoms with E-state index in [-0.39, 0.29) is 24.9 Å². The van der Waals surface area contributed by atoms with E-state index in [2.05, 4.69) is 32.4 Å². The maximum Gasteiger partial charge on any atom is 0.315 e. The van der Waals surface area contributed by atoms with E-state index in [4.69, 9.17) is 9.47 Å². The Morgan fingerprint density at radius 2 is 2.00 bits per heavy atom. The number of thiophene rings is 1. The molecule has 0 spiro atoms. The predicted molar refractivity (Wildman–Crippen MR) is 108 cm³/mol. The summed E-state index contributed by atoms with van der Waals surface area (Å²) < 4.78 is 10.8. The minimum atomic E-state index is -0.129. The topological polar surface area (TPSA) is 62.8 Å². The number of likely N-dealkylation sites (N-methyl/N-ethyl adjacent to an activating group) is 1. The monoisotopic (exact) mass is 389 g/mol. The summed E-state index contributed by atoms with van der Waals surface area (Å²) in [6, 6.07) is 8.24. The van der Waals surface area contributed by atoms with Gasteiger partial charge in [0, 0.05) is 18.6 Å². The Hall–Kier alpha value is -2.25. The van der Waals surface area contributed by atoms with Crippen molar-refractivity contribution in [3.05, 3.63) is 46.2 Å². The first kappa shape index (κ1) is 19.5. The van der Waals surface area contributed by atoms with Crippen molar-refractivity contribution in [3.63, 3.8) is 0 Å². The molecule has 2 heterocycles. The van der Waals surface area contributed by atoms with Crippen molar-refractivity contribution < 1.29 is 14.3 Å². The summed E-state index contributed by atoms with van der Waals surface area (Å²) in [5.41, 5.74) is 2.41. The molecule has 0 aliphatic carbocycles. The largest absolute Gasteiger partial charge is 0.454 e. The Morgan fingerprint density at radius 1 is 1.19 bits per heavy atom. The summed E-state index contributed by atoms with van der Waals surface area (Å²) in [7, 11) is 4.05. The zero-order chi connectivity index (χ0) is 19.2. The highest BCUT2D eigenvalue weighted by molar-refractivity contribution is 7.07. The van der Waals surface area contributed by atoms with Gasteiger partial charge in [-0.3, -0.25) is 0 Å². The highest BCUT2D eigenvalue weighted by Gasteiger charge is 2.18. The Morgan fingerprint density at radius 3 is 2.74 bits per heavy atom. The van der Waals surface area contributed by atoms with Crippen LogP contribution in [0, 0.1) is 0 Å². The molecule has 1 aliphatic rings. The van der Waals surface area contributed by atoms with Crippen LogP contribution in [0.5, 0.6) is 11.5 Å². The average Bonchev–Trinajstić information content (AvgIpc) is 3.29. The van der Waals surface area contributed by atoms with Crippen LogP contribution < -0.4 is 20.1 Å². The molecule has 7 heteroatoms. The number of carbonyl (C=O) groups excluding carboxylic acids is 1. The van der Waals surface area contributed by atoms with Crippen LogP contribution in [0.4, 0.5) is 4.79 Å². The molecule has 2 N–H and O–H groups in total. The van der Waals surface area contributed by atoms with Gasteiger partial charge in [0.2, 0.25) is 6.79 Å². The lowest BCUT2D eigenvalue weighted by Gasteiger charge is -2.25. The third-order valence-corrected chi connectivity index (χ3v) is 5.37. The number of amides is 2. The van der Waals surface area contributed by atoms with Crippen LogP contribution in [0.3, 0.4) is 0 Å². The molecule has 3 rings (SSSR count). The molecule has 2 aromatic rings. The number of rotatable bonds is 8. The highest BCUT2D eigenvalue weighted by atomic mass is 32.1. The van der Waals surface area contributed by atoms with Gasteiger partial charge in [-0.1, -0.05) is 6.07 Å². The van der Waals surface area contributed by atoms with Crippen molar-refractivity contribution in [2.75, 3.05) is 27.4 Å². The molecule has 0 saturated heterocycles. The fraction of sp³-hybridized carbons (Fsp3) is 0.450. The highest BCUT2D eigenvalue weighted by Crippen LogP contribution is 2.32. The molecule has 1 aliphatic heterocycles. The predicted octanol–water partition coefficient (Wildman–Crippen LogP) is 2.88. The quantitative estimate of drug-likeness (QED) is 0.729. The lowest BCUT2D eigenvalue weighted by atomic mass is 10.0. The van der Waals surface area contributed by atoms with Crippen LogP contribution >= 0.6 is 11.3 Å². The van der Waals surface area contributed by atoms with Crippen molar-refractivity contribution in [1.29, 1.82) is 0 Å². The first-order chi connectivity index (χ1) is 13.0. The molecule has 0 unspecified atom stereocenters. The van der Waals surface area contributed by atoms with Gasteiger partial charge in [-0.25, -0.2) is 4.79 Å². The van der Waals surface area contributed by atoms with Crippen molar-refractivity contribution in [2.45, 2.75) is 31.8 Å². The lowest BCUT2D eigenvalue weighted by molar-refractivity contribution is 0.174. The van der Waals surface area contributed by atoms with Crippen molar-refractivity contribution in [2.24, 2.45) is 0 Å². The Bertz CT molecular complexity index is 749. The van der Waals surface area contributed by atoms with E-state index in [1.165, 1.54) is 5.56 Å². The number of nitrogens with zero attached hydrogens (tertiary/aromatic N) is 1.